The van der Waals surface area contributed by atoms with Gasteiger partial charge in [0.2, 0.25) is 0 Å². The zero-order valence-electron chi connectivity index (χ0n) is 14.0. The molecular formula is C18H23ClFN3O. The van der Waals surface area contributed by atoms with E-state index in [9.17, 15) is 4.39 Å². The van der Waals surface area contributed by atoms with Crippen LogP contribution in [0.2, 0.25) is 0 Å². The van der Waals surface area contributed by atoms with Gasteiger partial charge in [-0.05, 0) is 24.6 Å². The van der Waals surface area contributed by atoms with Crippen LogP contribution in [0.1, 0.15) is 23.0 Å². The Morgan fingerprint density at radius 3 is 2.92 bits per heavy atom. The monoisotopic (exact) mass is 351 g/mol. The Kier molecular flexibility index (Phi) is 6.54. The molecule has 1 unspecified atom stereocenters. The molecule has 6 heteroatoms. The van der Waals surface area contributed by atoms with Crippen molar-refractivity contribution in [2.75, 3.05) is 26.7 Å². The molecule has 1 saturated heterocycles. The lowest BCUT2D eigenvalue weighted by Crippen LogP contribution is -2.45. The largest absolute Gasteiger partial charge is 0.497 e. The molecule has 0 bridgehead atoms. The van der Waals surface area contributed by atoms with Crippen LogP contribution in [0.15, 0.2) is 36.4 Å². The normalized spacial score (nSPS) is 18.0. The first-order valence-electron chi connectivity index (χ1n) is 7.87. The van der Waals surface area contributed by atoms with Gasteiger partial charge in [0.05, 0.1) is 12.8 Å². The zero-order valence-corrected chi connectivity index (χ0v) is 14.8. The molecule has 2 heterocycles. The maximum absolute atomic E-state index is 13.6. The number of benzene rings is 1. The van der Waals surface area contributed by atoms with Gasteiger partial charge in [-0.25, -0.2) is 4.39 Å². The van der Waals surface area contributed by atoms with E-state index in [0.29, 0.717) is 0 Å². The molecule has 0 aliphatic carbocycles. The summed E-state index contributed by atoms with van der Waals surface area (Å²) in [5, 5.41) is 3.39. The van der Waals surface area contributed by atoms with E-state index in [-0.39, 0.29) is 24.3 Å². The molecule has 2 aromatic rings. The van der Waals surface area contributed by atoms with E-state index in [0.717, 1.165) is 48.9 Å². The Bertz CT molecular complexity index is 683. The van der Waals surface area contributed by atoms with Crippen LogP contribution < -0.4 is 10.1 Å². The van der Waals surface area contributed by atoms with Crippen LogP contribution >= 0.6 is 12.4 Å². The molecule has 1 aliphatic rings. The highest BCUT2D eigenvalue weighted by atomic mass is 35.5. The summed E-state index contributed by atoms with van der Waals surface area (Å²) in [6.45, 7) is 5.33. The fraction of sp³-hybridized carbons (Fsp3) is 0.389. The van der Waals surface area contributed by atoms with Crippen LogP contribution in [0.3, 0.4) is 0 Å². The van der Waals surface area contributed by atoms with Crippen molar-refractivity contribution in [3.63, 3.8) is 0 Å². The van der Waals surface area contributed by atoms with Gasteiger partial charge in [0, 0.05) is 50.0 Å². The number of nitrogens with zero attached hydrogens (tertiary/aromatic N) is 2. The van der Waals surface area contributed by atoms with E-state index in [1.807, 2.05) is 25.1 Å². The van der Waals surface area contributed by atoms with Crippen molar-refractivity contribution in [1.29, 1.82) is 0 Å². The Morgan fingerprint density at radius 1 is 1.33 bits per heavy atom. The summed E-state index contributed by atoms with van der Waals surface area (Å²) in [5.41, 5.74) is 2.92. The minimum atomic E-state index is -0.191. The molecule has 1 atom stereocenters. The van der Waals surface area contributed by atoms with Gasteiger partial charge >= 0.3 is 0 Å². The predicted octanol–water partition coefficient (Wildman–Crippen LogP) is 3.11. The van der Waals surface area contributed by atoms with Gasteiger partial charge < -0.3 is 10.1 Å². The van der Waals surface area contributed by atoms with Gasteiger partial charge in [0.15, 0.2) is 0 Å². The maximum atomic E-state index is 13.6. The number of methoxy groups -OCH3 is 1. The molecule has 0 spiro atoms. The first-order chi connectivity index (χ1) is 11.2. The number of hydrogen-bond acceptors (Lipinski definition) is 4. The number of pyridine rings is 1. The molecule has 0 radical (unpaired) electrons. The van der Waals surface area contributed by atoms with E-state index < -0.39 is 0 Å². The molecular weight excluding hydrogens is 329 g/mol. The van der Waals surface area contributed by atoms with Gasteiger partial charge in [0.1, 0.15) is 11.6 Å². The van der Waals surface area contributed by atoms with Crippen molar-refractivity contribution in [1.82, 2.24) is 15.2 Å². The fourth-order valence-corrected chi connectivity index (χ4v) is 3.09. The molecule has 1 aliphatic heterocycles. The summed E-state index contributed by atoms with van der Waals surface area (Å²) >= 11 is 0. The topological polar surface area (TPSA) is 37.4 Å². The van der Waals surface area contributed by atoms with Crippen molar-refractivity contribution < 1.29 is 9.13 Å². The number of ether oxygens (including phenoxy) is 1. The van der Waals surface area contributed by atoms with Gasteiger partial charge in [-0.15, -0.1) is 12.4 Å². The zero-order chi connectivity index (χ0) is 16.2. The number of hydrogen-bond donors (Lipinski definition) is 1. The quantitative estimate of drug-likeness (QED) is 0.918. The summed E-state index contributed by atoms with van der Waals surface area (Å²) in [5.74, 6) is 0.633. The van der Waals surface area contributed by atoms with Crippen molar-refractivity contribution in [2.45, 2.75) is 19.5 Å². The highest BCUT2D eigenvalue weighted by molar-refractivity contribution is 5.85. The average molecular weight is 352 g/mol. The minimum absolute atomic E-state index is 0. The summed E-state index contributed by atoms with van der Waals surface area (Å²) in [4.78, 5) is 6.95. The molecule has 1 aromatic heterocycles. The smallest absolute Gasteiger partial charge is 0.123 e. The lowest BCUT2D eigenvalue weighted by Gasteiger charge is -2.36. The third-order valence-corrected chi connectivity index (χ3v) is 4.17. The van der Waals surface area contributed by atoms with Crippen LogP contribution in [0.5, 0.6) is 5.75 Å². The minimum Gasteiger partial charge on any atom is -0.497 e. The molecule has 1 N–H and O–H groups in total. The standard InChI is InChI=1S/C18H22FN3O.ClH/c1-13-8-17(23-2)10-16(21-13)12-22-7-6-20-11-18(22)14-4-3-5-15(19)9-14;/h3-5,8-10,18,20H,6-7,11-12H2,1-2H3;1H. The van der Waals surface area contributed by atoms with Crippen molar-refractivity contribution in [3.05, 3.63) is 59.2 Å². The van der Waals surface area contributed by atoms with Crippen LogP contribution in [-0.4, -0.2) is 36.6 Å². The molecule has 4 nitrogen and oxygen atoms in total. The van der Waals surface area contributed by atoms with Gasteiger partial charge in [-0.1, -0.05) is 12.1 Å². The second-order valence-corrected chi connectivity index (χ2v) is 5.89. The Balaban J connectivity index is 0.00000208. The van der Waals surface area contributed by atoms with E-state index in [1.54, 1.807) is 19.2 Å². The highest BCUT2D eigenvalue weighted by Gasteiger charge is 2.24. The second kappa shape index (κ2) is 8.42. The van der Waals surface area contributed by atoms with E-state index >= 15 is 0 Å². The first-order valence-corrected chi connectivity index (χ1v) is 7.87. The van der Waals surface area contributed by atoms with Crippen LogP contribution in [-0.2, 0) is 6.54 Å². The van der Waals surface area contributed by atoms with E-state index in [2.05, 4.69) is 15.2 Å². The average Bonchev–Trinajstić information content (AvgIpc) is 2.55. The Hall–Kier alpha value is -1.69. The molecule has 24 heavy (non-hydrogen) atoms. The number of aryl methyl sites for hydroxylation is 1. The molecule has 0 amide bonds. The predicted molar refractivity (Wildman–Crippen MR) is 95.2 cm³/mol. The van der Waals surface area contributed by atoms with Crippen LogP contribution in [0.4, 0.5) is 4.39 Å². The Labute approximate surface area is 148 Å². The second-order valence-electron chi connectivity index (χ2n) is 5.89. The third kappa shape index (κ3) is 4.44. The van der Waals surface area contributed by atoms with Gasteiger partial charge in [-0.2, -0.15) is 0 Å². The molecule has 1 aromatic carbocycles. The highest BCUT2D eigenvalue weighted by Crippen LogP contribution is 2.25. The summed E-state index contributed by atoms with van der Waals surface area (Å²) in [7, 11) is 1.67. The molecule has 130 valence electrons. The van der Waals surface area contributed by atoms with Crippen LogP contribution in [0.25, 0.3) is 0 Å². The summed E-state index contributed by atoms with van der Waals surface area (Å²) in [6, 6.07) is 10.9. The van der Waals surface area contributed by atoms with Crippen LogP contribution in [0, 0.1) is 12.7 Å². The van der Waals surface area contributed by atoms with Crippen molar-refractivity contribution in [2.24, 2.45) is 0 Å². The summed E-state index contributed by atoms with van der Waals surface area (Å²) in [6.07, 6.45) is 0. The SMILES string of the molecule is COc1cc(C)nc(CN2CCNCC2c2cccc(F)c2)c1.Cl. The molecule has 1 fully saturated rings. The number of halogens is 2. The van der Waals surface area contributed by atoms with Crippen molar-refractivity contribution >= 4 is 12.4 Å². The van der Waals surface area contributed by atoms with E-state index in [1.165, 1.54) is 6.07 Å². The molecule has 3 rings (SSSR count). The lowest BCUT2D eigenvalue weighted by molar-refractivity contribution is 0.151. The van der Waals surface area contributed by atoms with E-state index in [4.69, 9.17) is 4.74 Å². The fourth-order valence-electron chi connectivity index (χ4n) is 3.09. The first kappa shape index (κ1) is 18.6. The number of rotatable bonds is 4. The number of aromatic nitrogens is 1. The van der Waals surface area contributed by atoms with Gasteiger partial charge in [-0.3, -0.25) is 9.88 Å². The molecule has 0 saturated carbocycles. The van der Waals surface area contributed by atoms with Crippen molar-refractivity contribution in [3.8, 4) is 5.75 Å². The number of nitrogens with one attached hydrogen (secondary N) is 1. The Morgan fingerprint density at radius 2 is 2.17 bits per heavy atom. The maximum Gasteiger partial charge on any atom is 0.123 e. The summed E-state index contributed by atoms with van der Waals surface area (Å²) < 4.78 is 18.9. The number of piperazine rings is 1. The van der Waals surface area contributed by atoms with Gasteiger partial charge in [0.25, 0.3) is 0 Å². The third-order valence-electron chi connectivity index (χ3n) is 4.17. The lowest BCUT2D eigenvalue weighted by atomic mass is 10.0.